The highest BCUT2D eigenvalue weighted by atomic mass is 32.1. The second kappa shape index (κ2) is 2.92. The van der Waals surface area contributed by atoms with Crippen molar-refractivity contribution in [2.24, 2.45) is 0 Å². The van der Waals surface area contributed by atoms with Gasteiger partial charge in [0, 0.05) is 22.5 Å². The van der Waals surface area contributed by atoms with Crippen LogP contribution in [0, 0.1) is 0 Å². The Hall–Kier alpha value is -1.68. The molecule has 3 aromatic rings. The summed E-state index contributed by atoms with van der Waals surface area (Å²) in [5.41, 5.74) is 3.42. The minimum absolute atomic E-state index is 1.07. The molecule has 0 aliphatic heterocycles. The molecule has 14 heavy (non-hydrogen) atoms. The van der Waals surface area contributed by atoms with E-state index in [9.17, 15) is 0 Å². The molecule has 0 radical (unpaired) electrons. The van der Waals surface area contributed by atoms with E-state index in [0.717, 1.165) is 16.5 Å². The molecule has 0 atom stereocenters. The molecule has 4 heteroatoms. The van der Waals surface area contributed by atoms with Crippen LogP contribution >= 0.6 is 11.5 Å². The lowest BCUT2D eigenvalue weighted by Crippen LogP contribution is -1.73. The number of rotatable bonds is 1. The number of aromatic amines is 1. The number of hydrogen-bond acceptors (Lipinski definition) is 3. The van der Waals surface area contributed by atoms with Crippen LogP contribution in [0.15, 0.2) is 36.0 Å². The first-order valence-electron chi connectivity index (χ1n) is 4.26. The normalized spacial score (nSPS) is 10.9. The third kappa shape index (κ3) is 1.12. The van der Waals surface area contributed by atoms with Gasteiger partial charge in [-0.1, -0.05) is 6.07 Å². The smallest absolute Gasteiger partial charge is 0.0650 e. The predicted octanol–water partition coefficient (Wildman–Crippen LogP) is 2.69. The monoisotopic (exact) mass is 201 g/mol. The zero-order chi connectivity index (χ0) is 9.38. The average molecular weight is 201 g/mol. The maximum Gasteiger partial charge on any atom is 0.0650 e. The van der Waals surface area contributed by atoms with Gasteiger partial charge in [-0.2, -0.15) is 5.10 Å². The van der Waals surface area contributed by atoms with Gasteiger partial charge in [-0.05, 0) is 29.2 Å². The molecule has 2 heterocycles. The van der Waals surface area contributed by atoms with E-state index in [1.54, 1.807) is 0 Å². The fourth-order valence-corrected chi connectivity index (χ4v) is 2.02. The molecule has 0 unspecified atom stereocenters. The van der Waals surface area contributed by atoms with E-state index in [2.05, 4.69) is 26.7 Å². The third-order valence-electron chi connectivity index (χ3n) is 2.21. The molecule has 3 nitrogen and oxygen atoms in total. The minimum Gasteiger partial charge on any atom is -0.278 e. The van der Waals surface area contributed by atoms with Gasteiger partial charge in [0.1, 0.15) is 0 Å². The van der Waals surface area contributed by atoms with Crippen LogP contribution in [0.3, 0.4) is 0 Å². The third-order valence-corrected chi connectivity index (χ3v) is 2.79. The second-order valence-electron chi connectivity index (χ2n) is 3.09. The summed E-state index contributed by atoms with van der Waals surface area (Å²) in [4.78, 5) is 0. The molecule has 0 saturated heterocycles. The van der Waals surface area contributed by atoms with Gasteiger partial charge in [-0.15, -0.1) is 0 Å². The van der Waals surface area contributed by atoms with Crippen LogP contribution in [0.5, 0.6) is 0 Å². The second-order valence-corrected chi connectivity index (χ2v) is 3.74. The maximum absolute atomic E-state index is 4.08. The van der Waals surface area contributed by atoms with E-state index in [0.29, 0.717) is 0 Å². The summed E-state index contributed by atoms with van der Waals surface area (Å²) in [6.45, 7) is 0. The van der Waals surface area contributed by atoms with Crippen LogP contribution in [0.2, 0.25) is 0 Å². The van der Waals surface area contributed by atoms with Gasteiger partial charge in [0.05, 0.1) is 11.7 Å². The Morgan fingerprint density at radius 1 is 1.14 bits per heavy atom. The van der Waals surface area contributed by atoms with Crippen molar-refractivity contribution in [3.63, 3.8) is 0 Å². The van der Waals surface area contributed by atoms with Crippen LogP contribution in [0.1, 0.15) is 0 Å². The van der Waals surface area contributed by atoms with Crippen molar-refractivity contribution < 1.29 is 0 Å². The lowest BCUT2D eigenvalue weighted by Gasteiger charge is -1.95. The van der Waals surface area contributed by atoms with E-state index in [-0.39, 0.29) is 0 Å². The first-order chi connectivity index (χ1) is 6.93. The van der Waals surface area contributed by atoms with Crippen molar-refractivity contribution in [1.29, 1.82) is 0 Å². The number of nitrogens with zero attached hydrogens (tertiary/aromatic N) is 2. The molecule has 2 aromatic heterocycles. The van der Waals surface area contributed by atoms with Crippen LogP contribution in [0.4, 0.5) is 0 Å². The van der Waals surface area contributed by atoms with Crippen molar-refractivity contribution in [2.45, 2.75) is 0 Å². The van der Waals surface area contributed by atoms with Crippen molar-refractivity contribution in [2.75, 3.05) is 0 Å². The SMILES string of the molecule is c1cc2[nH]ncc2cc1-c1cnsc1. The summed E-state index contributed by atoms with van der Waals surface area (Å²) in [6.07, 6.45) is 3.71. The van der Waals surface area contributed by atoms with Gasteiger partial charge in [0.2, 0.25) is 0 Å². The van der Waals surface area contributed by atoms with Gasteiger partial charge in [-0.25, -0.2) is 4.37 Å². The summed E-state index contributed by atoms with van der Waals surface area (Å²) in [5.74, 6) is 0. The van der Waals surface area contributed by atoms with E-state index in [1.807, 2.05) is 23.8 Å². The molecule has 68 valence electrons. The molecule has 0 fully saturated rings. The van der Waals surface area contributed by atoms with E-state index in [1.165, 1.54) is 17.1 Å². The maximum atomic E-state index is 4.08. The Morgan fingerprint density at radius 3 is 3.00 bits per heavy atom. The topological polar surface area (TPSA) is 41.6 Å². The number of H-pyrrole nitrogens is 1. The van der Waals surface area contributed by atoms with Crippen molar-refractivity contribution in [3.8, 4) is 11.1 Å². The van der Waals surface area contributed by atoms with Gasteiger partial charge in [-0.3, -0.25) is 5.10 Å². The minimum atomic E-state index is 1.07. The quantitative estimate of drug-likeness (QED) is 0.657. The molecule has 0 spiro atoms. The molecular weight excluding hydrogens is 194 g/mol. The fourth-order valence-electron chi connectivity index (χ4n) is 1.47. The van der Waals surface area contributed by atoms with Crippen LogP contribution in [0.25, 0.3) is 22.0 Å². The van der Waals surface area contributed by atoms with Gasteiger partial charge in [0.25, 0.3) is 0 Å². The summed E-state index contributed by atoms with van der Waals surface area (Å²) in [7, 11) is 0. The highest BCUT2D eigenvalue weighted by molar-refractivity contribution is 7.03. The number of aromatic nitrogens is 3. The number of benzene rings is 1. The lowest BCUT2D eigenvalue weighted by molar-refractivity contribution is 1.12. The van der Waals surface area contributed by atoms with Crippen molar-refractivity contribution >= 4 is 22.4 Å². The largest absolute Gasteiger partial charge is 0.278 e. The highest BCUT2D eigenvalue weighted by Gasteiger charge is 2.01. The lowest BCUT2D eigenvalue weighted by atomic mass is 10.1. The molecule has 0 amide bonds. The molecule has 3 rings (SSSR count). The molecule has 0 aliphatic rings. The first kappa shape index (κ1) is 7.70. The standard InChI is InChI=1S/C10H7N3S/c1-2-10-8(4-11-13-10)3-7(1)9-5-12-14-6-9/h1-6H,(H,11,13). The Balaban J connectivity index is 2.23. The molecular formula is C10H7N3S. The summed E-state index contributed by atoms with van der Waals surface area (Å²) < 4.78 is 4.08. The van der Waals surface area contributed by atoms with Crippen LogP contribution in [-0.4, -0.2) is 14.6 Å². The first-order valence-corrected chi connectivity index (χ1v) is 5.10. The Labute approximate surface area is 84.6 Å². The summed E-state index contributed by atoms with van der Waals surface area (Å²) >= 11 is 1.47. The van der Waals surface area contributed by atoms with Crippen molar-refractivity contribution in [1.82, 2.24) is 14.6 Å². The molecule has 1 N–H and O–H groups in total. The Bertz CT molecular complexity index is 554. The van der Waals surface area contributed by atoms with E-state index >= 15 is 0 Å². The number of fused-ring (bicyclic) bond motifs is 1. The Morgan fingerprint density at radius 2 is 2.14 bits per heavy atom. The van der Waals surface area contributed by atoms with E-state index in [4.69, 9.17) is 0 Å². The zero-order valence-corrected chi connectivity index (χ0v) is 8.08. The van der Waals surface area contributed by atoms with Crippen LogP contribution in [-0.2, 0) is 0 Å². The summed E-state index contributed by atoms with van der Waals surface area (Å²) in [6, 6.07) is 6.22. The van der Waals surface area contributed by atoms with Crippen LogP contribution < -0.4 is 0 Å². The molecule has 1 aromatic carbocycles. The summed E-state index contributed by atoms with van der Waals surface area (Å²) in [5, 5.41) is 10.1. The van der Waals surface area contributed by atoms with Gasteiger partial charge in [0.15, 0.2) is 0 Å². The average Bonchev–Trinajstić information content (AvgIpc) is 2.88. The highest BCUT2D eigenvalue weighted by Crippen LogP contribution is 2.23. The predicted molar refractivity (Wildman–Crippen MR) is 57.2 cm³/mol. The number of nitrogens with one attached hydrogen (secondary N) is 1. The zero-order valence-electron chi connectivity index (χ0n) is 7.27. The van der Waals surface area contributed by atoms with Gasteiger partial charge >= 0.3 is 0 Å². The molecule has 0 saturated carbocycles. The number of hydrogen-bond donors (Lipinski definition) is 1. The molecule has 0 aliphatic carbocycles. The van der Waals surface area contributed by atoms with E-state index < -0.39 is 0 Å². The van der Waals surface area contributed by atoms with Crippen molar-refractivity contribution in [3.05, 3.63) is 36.0 Å². The Kier molecular flexibility index (Phi) is 1.61. The molecule has 0 bridgehead atoms. The van der Waals surface area contributed by atoms with Gasteiger partial charge < -0.3 is 0 Å². The fraction of sp³-hybridized carbons (Fsp3) is 0.